The van der Waals surface area contributed by atoms with Gasteiger partial charge in [-0.2, -0.15) is 0 Å². The van der Waals surface area contributed by atoms with Crippen LogP contribution in [0.25, 0.3) is 11.1 Å². The van der Waals surface area contributed by atoms with E-state index >= 15 is 0 Å². The van der Waals surface area contributed by atoms with Gasteiger partial charge in [-0.1, -0.05) is 54.1 Å². The highest BCUT2D eigenvalue weighted by atomic mass is 32.2. The Morgan fingerprint density at radius 1 is 0.739 bits per heavy atom. The summed E-state index contributed by atoms with van der Waals surface area (Å²) in [6, 6.07) is 20.2. The average molecular weight is 324 g/mol. The first-order chi connectivity index (χ1) is 11.0. The molecular weight excluding hydrogens is 308 g/mol. The maximum atomic E-state index is 13.0. The third-order valence-corrected chi connectivity index (χ3v) is 5.53. The summed E-state index contributed by atoms with van der Waals surface area (Å²) in [4.78, 5) is 0.427. The summed E-state index contributed by atoms with van der Waals surface area (Å²) in [5, 5.41) is 10.1. The van der Waals surface area contributed by atoms with Crippen molar-refractivity contribution in [2.45, 2.75) is 16.7 Å². The van der Waals surface area contributed by atoms with Crippen molar-refractivity contribution in [2.75, 3.05) is 0 Å². The Labute approximate surface area is 135 Å². The minimum Gasteiger partial charge on any atom is -0.507 e. The first-order valence-corrected chi connectivity index (χ1v) is 8.67. The molecule has 0 aliphatic carbocycles. The molecule has 0 aliphatic heterocycles. The molecule has 23 heavy (non-hydrogen) atoms. The zero-order chi connectivity index (χ0) is 16.4. The lowest BCUT2D eigenvalue weighted by atomic mass is 10.0. The lowest BCUT2D eigenvalue weighted by Gasteiger charge is -2.12. The fourth-order valence-electron chi connectivity index (χ4n) is 2.47. The van der Waals surface area contributed by atoms with Crippen LogP contribution >= 0.6 is 0 Å². The molecule has 1 N–H and O–H groups in total. The van der Waals surface area contributed by atoms with Crippen molar-refractivity contribution in [3.63, 3.8) is 0 Å². The Bertz CT molecular complexity index is 942. The number of phenols is 1. The van der Waals surface area contributed by atoms with Crippen LogP contribution in [0.5, 0.6) is 5.75 Å². The van der Waals surface area contributed by atoms with Crippen LogP contribution in [0.15, 0.2) is 82.6 Å². The van der Waals surface area contributed by atoms with Crippen molar-refractivity contribution >= 4 is 9.84 Å². The third-order valence-electron chi connectivity index (χ3n) is 3.70. The molecular formula is C19H16O3S. The van der Waals surface area contributed by atoms with Crippen LogP contribution in [-0.4, -0.2) is 13.5 Å². The van der Waals surface area contributed by atoms with E-state index in [2.05, 4.69) is 0 Å². The van der Waals surface area contributed by atoms with Crippen LogP contribution in [0, 0.1) is 6.92 Å². The first kappa shape index (κ1) is 15.3. The topological polar surface area (TPSA) is 54.4 Å². The standard InChI is InChI=1S/C19H16O3S/c1-14-10-12-15(13-11-14)23(21,22)19-9-5-3-7-17(19)16-6-2-4-8-18(16)20/h2-13,20H,1H3. The summed E-state index contributed by atoms with van der Waals surface area (Å²) in [6.07, 6.45) is 0. The van der Waals surface area contributed by atoms with Crippen molar-refractivity contribution in [2.24, 2.45) is 0 Å². The smallest absolute Gasteiger partial charge is 0.207 e. The van der Waals surface area contributed by atoms with Gasteiger partial charge in [0.2, 0.25) is 9.84 Å². The third kappa shape index (κ3) is 2.85. The van der Waals surface area contributed by atoms with Crippen LogP contribution in [0.3, 0.4) is 0 Å². The average Bonchev–Trinajstić information content (AvgIpc) is 2.56. The summed E-state index contributed by atoms with van der Waals surface area (Å²) in [7, 11) is -3.66. The zero-order valence-corrected chi connectivity index (χ0v) is 13.4. The molecule has 3 aromatic rings. The van der Waals surface area contributed by atoms with Gasteiger partial charge in [0.15, 0.2) is 0 Å². The van der Waals surface area contributed by atoms with Gasteiger partial charge in [0, 0.05) is 11.1 Å². The number of aromatic hydroxyl groups is 1. The first-order valence-electron chi connectivity index (χ1n) is 7.19. The Morgan fingerprint density at radius 3 is 1.96 bits per heavy atom. The predicted molar refractivity (Wildman–Crippen MR) is 90.2 cm³/mol. The largest absolute Gasteiger partial charge is 0.507 e. The minimum absolute atomic E-state index is 0.0547. The van der Waals surface area contributed by atoms with Gasteiger partial charge < -0.3 is 5.11 Å². The summed E-state index contributed by atoms with van der Waals surface area (Å²) in [6.45, 7) is 1.91. The number of hydrogen-bond acceptors (Lipinski definition) is 3. The number of para-hydroxylation sites is 1. The van der Waals surface area contributed by atoms with Gasteiger partial charge in [0.05, 0.1) is 9.79 Å². The summed E-state index contributed by atoms with van der Waals surface area (Å²) < 4.78 is 25.9. The van der Waals surface area contributed by atoms with Gasteiger partial charge in [0.1, 0.15) is 5.75 Å². The molecule has 0 spiro atoms. The molecule has 0 aliphatic rings. The molecule has 0 radical (unpaired) electrons. The Hall–Kier alpha value is -2.59. The molecule has 3 rings (SSSR count). The highest BCUT2D eigenvalue weighted by Gasteiger charge is 2.22. The van der Waals surface area contributed by atoms with Crippen molar-refractivity contribution in [3.8, 4) is 16.9 Å². The van der Waals surface area contributed by atoms with Crippen LogP contribution in [0.2, 0.25) is 0 Å². The summed E-state index contributed by atoms with van der Waals surface area (Å²) >= 11 is 0. The Balaban J connectivity index is 2.22. The quantitative estimate of drug-likeness (QED) is 0.785. The SMILES string of the molecule is Cc1ccc(S(=O)(=O)c2ccccc2-c2ccccc2O)cc1. The lowest BCUT2D eigenvalue weighted by Crippen LogP contribution is -2.04. The minimum atomic E-state index is -3.66. The van der Waals surface area contributed by atoms with Gasteiger partial charge in [-0.15, -0.1) is 0 Å². The number of rotatable bonds is 3. The molecule has 4 heteroatoms. The molecule has 3 nitrogen and oxygen atoms in total. The van der Waals surface area contributed by atoms with E-state index in [-0.39, 0.29) is 15.5 Å². The van der Waals surface area contributed by atoms with Crippen molar-refractivity contribution in [3.05, 3.63) is 78.4 Å². The Morgan fingerprint density at radius 2 is 1.30 bits per heavy atom. The van der Waals surface area contributed by atoms with Crippen LogP contribution in [-0.2, 0) is 9.84 Å². The zero-order valence-electron chi connectivity index (χ0n) is 12.6. The summed E-state index contributed by atoms with van der Waals surface area (Å²) in [5.74, 6) is 0.0547. The molecule has 3 aromatic carbocycles. The number of phenolic OH excluding ortho intramolecular Hbond substituents is 1. The highest BCUT2D eigenvalue weighted by molar-refractivity contribution is 7.91. The van der Waals surface area contributed by atoms with E-state index in [1.54, 1.807) is 72.8 Å². The predicted octanol–water partition coefficient (Wildman–Crippen LogP) is 4.20. The normalized spacial score (nSPS) is 11.3. The molecule has 0 atom stereocenters. The molecule has 0 unspecified atom stereocenters. The molecule has 116 valence electrons. The molecule has 0 saturated heterocycles. The molecule has 0 saturated carbocycles. The van der Waals surface area contributed by atoms with E-state index in [1.807, 2.05) is 6.92 Å². The van der Waals surface area contributed by atoms with Gasteiger partial charge >= 0.3 is 0 Å². The number of benzene rings is 3. The van der Waals surface area contributed by atoms with Crippen molar-refractivity contribution in [1.29, 1.82) is 0 Å². The van der Waals surface area contributed by atoms with E-state index in [4.69, 9.17) is 0 Å². The fourth-order valence-corrected chi connectivity index (χ4v) is 3.94. The Kier molecular flexibility index (Phi) is 3.92. The molecule has 0 aromatic heterocycles. The number of hydrogen-bond donors (Lipinski definition) is 1. The van der Waals surface area contributed by atoms with Gasteiger partial charge in [-0.3, -0.25) is 0 Å². The fraction of sp³-hybridized carbons (Fsp3) is 0.0526. The van der Waals surface area contributed by atoms with E-state index < -0.39 is 9.84 Å². The van der Waals surface area contributed by atoms with E-state index in [1.165, 1.54) is 0 Å². The molecule has 0 heterocycles. The molecule has 0 fully saturated rings. The van der Waals surface area contributed by atoms with Crippen LogP contribution in [0.1, 0.15) is 5.56 Å². The van der Waals surface area contributed by atoms with Crippen LogP contribution < -0.4 is 0 Å². The number of aryl methyl sites for hydroxylation is 1. The monoisotopic (exact) mass is 324 g/mol. The van der Waals surface area contributed by atoms with Gasteiger partial charge in [0.25, 0.3) is 0 Å². The van der Waals surface area contributed by atoms with Crippen molar-refractivity contribution < 1.29 is 13.5 Å². The van der Waals surface area contributed by atoms with E-state index in [9.17, 15) is 13.5 Å². The highest BCUT2D eigenvalue weighted by Crippen LogP contribution is 2.35. The van der Waals surface area contributed by atoms with Crippen molar-refractivity contribution in [1.82, 2.24) is 0 Å². The number of sulfone groups is 1. The second kappa shape index (κ2) is 5.89. The lowest BCUT2D eigenvalue weighted by molar-refractivity contribution is 0.477. The van der Waals surface area contributed by atoms with Crippen LogP contribution in [0.4, 0.5) is 0 Å². The summed E-state index contributed by atoms with van der Waals surface area (Å²) in [5.41, 5.74) is 1.99. The van der Waals surface area contributed by atoms with E-state index in [0.29, 0.717) is 11.1 Å². The second-order valence-corrected chi connectivity index (χ2v) is 7.25. The molecule has 0 bridgehead atoms. The second-order valence-electron chi connectivity index (χ2n) is 5.33. The van der Waals surface area contributed by atoms with Gasteiger partial charge in [-0.05, 0) is 31.2 Å². The maximum Gasteiger partial charge on any atom is 0.207 e. The van der Waals surface area contributed by atoms with E-state index in [0.717, 1.165) is 5.56 Å². The van der Waals surface area contributed by atoms with Gasteiger partial charge in [-0.25, -0.2) is 8.42 Å². The molecule has 0 amide bonds. The maximum absolute atomic E-state index is 13.0.